The number of hydrogen-bond acceptors (Lipinski definition) is 3. The third-order valence-electron chi connectivity index (χ3n) is 4.61. The van der Waals surface area contributed by atoms with Crippen molar-refractivity contribution in [1.29, 1.82) is 0 Å². The van der Waals surface area contributed by atoms with Gasteiger partial charge in [-0.05, 0) is 51.3 Å². The van der Waals surface area contributed by atoms with Crippen LogP contribution in [-0.2, 0) is 0 Å². The Kier molecular flexibility index (Phi) is 2.74. The van der Waals surface area contributed by atoms with Crippen LogP contribution >= 0.6 is 0 Å². The van der Waals surface area contributed by atoms with E-state index in [1.54, 1.807) is 0 Å². The lowest BCUT2D eigenvalue weighted by atomic mass is 10.2. The zero-order valence-corrected chi connectivity index (χ0v) is 12.2. The van der Waals surface area contributed by atoms with Crippen molar-refractivity contribution in [2.24, 2.45) is 0 Å². The van der Waals surface area contributed by atoms with Crippen LogP contribution in [0.1, 0.15) is 32.0 Å². The van der Waals surface area contributed by atoms with Gasteiger partial charge >= 0.3 is 0 Å². The predicted octanol–water partition coefficient (Wildman–Crippen LogP) is 2.91. The second-order valence-corrected chi connectivity index (χ2v) is 6.41. The number of likely N-dealkylation sites (tertiary alicyclic amines) is 1. The van der Waals surface area contributed by atoms with Crippen molar-refractivity contribution < 1.29 is 0 Å². The summed E-state index contributed by atoms with van der Waals surface area (Å²) in [6, 6.07) is 8.59. The first-order valence-electron chi connectivity index (χ1n) is 7.68. The van der Waals surface area contributed by atoms with Crippen LogP contribution in [0.25, 0.3) is 11.0 Å². The van der Waals surface area contributed by atoms with E-state index in [2.05, 4.69) is 45.3 Å². The van der Waals surface area contributed by atoms with E-state index in [1.807, 2.05) is 6.92 Å². The molecular weight excluding hydrogens is 248 g/mol. The second-order valence-electron chi connectivity index (χ2n) is 6.41. The molecule has 1 aliphatic heterocycles. The topological polar surface area (TPSA) is 44.0 Å². The van der Waals surface area contributed by atoms with E-state index in [4.69, 9.17) is 0 Å². The van der Waals surface area contributed by atoms with Crippen molar-refractivity contribution in [2.45, 2.75) is 51.2 Å². The number of anilines is 1. The lowest BCUT2D eigenvalue weighted by molar-refractivity contribution is 0.257. The number of aryl methyl sites for hydroxylation is 1. The first-order valence-corrected chi connectivity index (χ1v) is 7.68. The molecule has 0 spiro atoms. The second kappa shape index (κ2) is 4.48. The van der Waals surface area contributed by atoms with Gasteiger partial charge in [-0.1, -0.05) is 0 Å². The summed E-state index contributed by atoms with van der Waals surface area (Å²) >= 11 is 0. The first-order chi connectivity index (χ1) is 9.69. The molecule has 106 valence electrons. The fourth-order valence-corrected chi connectivity index (χ4v) is 3.54. The van der Waals surface area contributed by atoms with E-state index < -0.39 is 0 Å². The van der Waals surface area contributed by atoms with Gasteiger partial charge in [0.05, 0.1) is 11.0 Å². The van der Waals surface area contributed by atoms with Gasteiger partial charge in [0.25, 0.3) is 0 Å². The number of imidazole rings is 1. The molecule has 0 radical (unpaired) electrons. The highest BCUT2D eigenvalue weighted by Gasteiger charge is 2.38. The van der Waals surface area contributed by atoms with Gasteiger partial charge in [0.1, 0.15) is 5.82 Å². The number of nitrogens with zero attached hydrogens (tertiary/aromatic N) is 2. The number of H-pyrrole nitrogens is 1. The van der Waals surface area contributed by atoms with E-state index >= 15 is 0 Å². The van der Waals surface area contributed by atoms with Gasteiger partial charge in [-0.15, -0.1) is 0 Å². The summed E-state index contributed by atoms with van der Waals surface area (Å²) in [5.74, 6) is 0.978. The standard InChI is InChI=1S/C16H22N4/c1-10-7-13(9-20(10)14-4-5-14)19-12-3-6-15-16(8-12)18-11(2)17-15/h3,6,8,10,13-14,19H,4-5,7,9H2,1-2H3,(H,17,18). The normalized spacial score (nSPS) is 27.3. The Bertz CT molecular complexity index is 628. The predicted molar refractivity (Wildman–Crippen MR) is 82.0 cm³/mol. The molecule has 0 amide bonds. The van der Waals surface area contributed by atoms with E-state index in [-0.39, 0.29) is 0 Å². The summed E-state index contributed by atoms with van der Waals surface area (Å²) in [5, 5.41) is 3.70. The molecule has 2 unspecified atom stereocenters. The third-order valence-corrected chi connectivity index (χ3v) is 4.61. The van der Waals surface area contributed by atoms with E-state index in [0.29, 0.717) is 6.04 Å². The maximum Gasteiger partial charge on any atom is 0.104 e. The quantitative estimate of drug-likeness (QED) is 0.901. The molecule has 1 aliphatic carbocycles. The number of aromatic amines is 1. The van der Waals surface area contributed by atoms with Crippen LogP contribution in [0.3, 0.4) is 0 Å². The molecule has 4 heteroatoms. The molecule has 1 aromatic carbocycles. The average Bonchev–Trinajstić information content (AvgIpc) is 3.08. The minimum Gasteiger partial charge on any atom is -0.381 e. The Balaban J connectivity index is 1.49. The monoisotopic (exact) mass is 270 g/mol. The highest BCUT2D eigenvalue weighted by atomic mass is 15.3. The zero-order valence-electron chi connectivity index (χ0n) is 12.2. The minimum atomic E-state index is 0.576. The van der Waals surface area contributed by atoms with Crippen molar-refractivity contribution >= 4 is 16.7 Å². The molecule has 2 heterocycles. The fourth-order valence-electron chi connectivity index (χ4n) is 3.54. The van der Waals surface area contributed by atoms with Gasteiger partial charge in [0.15, 0.2) is 0 Å². The summed E-state index contributed by atoms with van der Waals surface area (Å²) in [6.45, 7) is 5.55. The van der Waals surface area contributed by atoms with Gasteiger partial charge in [-0.25, -0.2) is 4.98 Å². The van der Waals surface area contributed by atoms with Gasteiger partial charge in [0.2, 0.25) is 0 Å². The Labute approximate surface area is 119 Å². The number of hydrogen-bond donors (Lipinski definition) is 2. The lowest BCUT2D eigenvalue weighted by Gasteiger charge is -2.19. The maximum absolute atomic E-state index is 4.45. The molecular formula is C16H22N4. The lowest BCUT2D eigenvalue weighted by Crippen LogP contribution is -2.30. The summed E-state index contributed by atoms with van der Waals surface area (Å²) in [6.07, 6.45) is 4.05. The number of fused-ring (bicyclic) bond motifs is 1. The first kappa shape index (κ1) is 12.2. The molecule has 4 nitrogen and oxygen atoms in total. The maximum atomic E-state index is 4.45. The van der Waals surface area contributed by atoms with Crippen LogP contribution in [0.15, 0.2) is 18.2 Å². The van der Waals surface area contributed by atoms with Crippen LogP contribution in [0.2, 0.25) is 0 Å². The van der Waals surface area contributed by atoms with E-state index in [0.717, 1.165) is 28.9 Å². The van der Waals surface area contributed by atoms with Crippen LogP contribution in [0, 0.1) is 6.92 Å². The van der Waals surface area contributed by atoms with Gasteiger partial charge < -0.3 is 10.3 Å². The highest BCUT2D eigenvalue weighted by molar-refractivity contribution is 5.79. The number of rotatable bonds is 3. The smallest absolute Gasteiger partial charge is 0.104 e. The summed E-state index contributed by atoms with van der Waals surface area (Å²) in [5.41, 5.74) is 3.38. The molecule has 0 bridgehead atoms. The molecule has 2 fully saturated rings. The molecule has 1 saturated heterocycles. The molecule has 1 aromatic heterocycles. The Hall–Kier alpha value is -1.55. The van der Waals surface area contributed by atoms with Crippen molar-refractivity contribution in [1.82, 2.24) is 14.9 Å². The average molecular weight is 270 g/mol. The number of aromatic nitrogens is 2. The fraction of sp³-hybridized carbons (Fsp3) is 0.562. The van der Waals surface area contributed by atoms with Crippen LogP contribution in [0.4, 0.5) is 5.69 Å². The minimum absolute atomic E-state index is 0.576. The summed E-state index contributed by atoms with van der Waals surface area (Å²) in [4.78, 5) is 10.4. The van der Waals surface area contributed by atoms with Crippen LogP contribution in [-0.4, -0.2) is 39.5 Å². The van der Waals surface area contributed by atoms with E-state index in [9.17, 15) is 0 Å². The highest BCUT2D eigenvalue weighted by Crippen LogP contribution is 2.34. The molecule has 2 atom stereocenters. The van der Waals surface area contributed by atoms with Crippen LogP contribution in [0.5, 0.6) is 0 Å². The van der Waals surface area contributed by atoms with Crippen molar-refractivity contribution in [3.05, 3.63) is 24.0 Å². The number of nitrogens with one attached hydrogen (secondary N) is 2. The van der Waals surface area contributed by atoms with Crippen molar-refractivity contribution in [3.8, 4) is 0 Å². The molecule has 2 N–H and O–H groups in total. The number of benzene rings is 1. The summed E-state index contributed by atoms with van der Waals surface area (Å²) < 4.78 is 0. The van der Waals surface area contributed by atoms with Gasteiger partial charge in [-0.2, -0.15) is 0 Å². The largest absolute Gasteiger partial charge is 0.381 e. The SMILES string of the molecule is Cc1nc2ccc(NC3CC(C)N(C4CC4)C3)cc2[nH]1. The molecule has 20 heavy (non-hydrogen) atoms. The zero-order chi connectivity index (χ0) is 13.7. The van der Waals surface area contributed by atoms with Gasteiger partial charge in [0, 0.05) is 30.4 Å². The van der Waals surface area contributed by atoms with Crippen LogP contribution < -0.4 is 5.32 Å². The Morgan fingerprint density at radius 3 is 3.00 bits per heavy atom. The van der Waals surface area contributed by atoms with Crippen molar-refractivity contribution in [2.75, 3.05) is 11.9 Å². The van der Waals surface area contributed by atoms with Crippen molar-refractivity contribution in [3.63, 3.8) is 0 Å². The molecule has 2 aromatic rings. The third kappa shape index (κ3) is 2.18. The summed E-state index contributed by atoms with van der Waals surface area (Å²) in [7, 11) is 0. The van der Waals surface area contributed by atoms with E-state index in [1.165, 1.54) is 31.5 Å². The van der Waals surface area contributed by atoms with Gasteiger partial charge in [-0.3, -0.25) is 4.90 Å². The molecule has 4 rings (SSSR count). The molecule has 1 saturated carbocycles. The molecule has 2 aliphatic rings. The Morgan fingerprint density at radius 1 is 1.35 bits per heavy atom. The Morgan fingerprint density at radius 2 is 2.20 bits per heavy atom.